The highest BCUT2D eigenvalue weighted by Crippen LogP contribution is 2.26. The Morgan fingerprint density at radius 3 is 2.92 bits per heavy atom. The molecule has 1 N–H and O–H groups in total. The highest BCUT2D eigenvalue weighted by molar-refractivity contribution is 5.78. The molecule has 2 aliphatic rings. The summed E-state index contributed by atoms with van der Waals surface area (Å²) in [6, 6.07) is 0. The Labute approximate surface area is 143 Å². The molecule has 0 spiro atoms. The van der Waals surface area contributed by atoms with Crippen molar-refractivity contribution in [3.8, 4) is 0 Å². The smallest absolute Gasteiger partial charge is 0.223 e. The zero-order valence-electron chi connectivity index (χ0n) is 14.7. The molecule has 24 heavy (non-hydrogen) atoms. The van der Waals surface area contributed by atoms with Crippen LogP contribution in [0.5, 0.6) is 0 Å². The van der Waals surface area contributed by atoms with Crippen LogP contribution < -0.4 is 5.32 Å². The van der Waals surface area contributed by atoms with Crippen LogP contribution in [0.4, 0.5) is 0 Å². The van der Waals surface area contributed by atoms with Gasteiger partial charge < -0.3 is 14.6 Å². The fraction of sp³-hybridized carbons (Fsp3) is 0.778. The van der Waals surface area contributed by atoms with E-state index in [1.165, 1.54) is 18.4 Å². The first-order valence-electron chi connectivity index (χ1n) is 9.23. The van der Waals surface area contributed by atoms with E-state index in [0.717, 1.165) is 63.2 Å². The number of hydrogen-bond acceptors (Lipinski definition) is 5. The lowest BCUT2D eigenvalue weighted by Gasteiger charge is -2.31. The zero-order valence-corrected chi connectivity index (χ0v) is 14.7. The van der Waals surface area contributed by atoms with E-state index in [1.807, 2.05) is 0 Å². The number of carbonyl (C=O) groups is 1. The molecule has 0 aromatic carbocycles. The minimum absolute atomic E-state index is 0.148. The lowest BCUT2D eigenvalue weighted by molar-refractivity contribution is -0.126. The minimum Gasteiger partial charge on any atom is -0.385 e. The molecule has 1 aromatic heterocycles. The predicted molar refractivity (Wildman–Crippen MR) is 90.6 cm³/mol. The van der Waals surface area contributed by atoms with Crippen LogP contribution in [0.25, 0.3) is 0 Å². The molecule has 0 unspecified atom stereocenters. The molecule has 1 amide bonds. The van der Waals surface area contributed by atoms with Crippen LogP contribution in [0.1, 0.15) is 49.1 Å². The molecule has 0 bridgehead atoms. The number of piperidine rings is 1. The van der Waals surface area contributed by atoms with Crippen LogP contribution in [0.3, 0.4) is 0 Å². The first kappa shape index (κ1) is 17.4. The highest BCUT2D eigenvalue weighted by atomic mass is 16.5. The lowest BCUT2D eigenvalue weighted by atomic mass is 9.94. The lowest BCUT2D eigenvalue weighted by Crippen LogP contribution is -2.40. The fourth-order valence-electron chi connectivity index (χ4n) is 3.71. The van der Waals surface area contributed by atoms with Crippen LogP contribution >= 0.6 is 0 Å². The van der Waals surface area contributed by atoms with E-state index in [-0.39, 0.29) is 11.8 Å². The number of nitrogens with one attached hydrogen (secondary N) is 1. The molecule has 6 nitrogen and oxygen atoms in total. The molecule has 0 radical (unpaired) electrons. The Kier molecular flexibility index (Phi) is 6.26. The highest BCUT2D eigenvalue weighted by Gasteiger charge is 2.27. The molecule has 0 saturated carbocycles. The Bertz CT molecular complexity index is 536. The van der Waals surface area contributed by atoms with Crippen LogP contribution in [0, 0.1) is 5.92 Å². The van der Waals surface area contributed by atoms with Crippen molar-refractivity contribution < 1.29 is 14.1 Å². The van der Waals surface area contributed by atoms with Gasteiger partial charge in [-0.1, -0.05) is 5.16 Å². The fourth-order valence-corrected chi connectivity index (χ4v) is 3.71. The molecule has 1 aliphatic heterocycles. The van der Waals surface area contributed by atoms with Crippen molar-refractivity contribution in [3.63, 3.8) is 0 Å². The third-order valence-corrected chi connectivity index (χ3v) is 5.19. The van der Waals surface area contributed by atoms with E-state index in [1.54, 1.807) is 7.11 Å². The summed E-state index contributed by atoms with van der Waals surface area (Å²) in [5.41, 5.74) is 2.46. The second kappa shape index (κ2) is 8.62. The van der Waals surface area contributed by atoms with E-state index >= 15 is 0 Å². The molecule has 3 rings (SSSR count). The number of fused-ring (bicyclic) bond motifs is 1. The number of methoxy groups -OCH3 is 1. The molecule has 134 valence electrons. The van der Waals surface area contributed by atoms with Gasteiger partial charge in [0, 0.05) is 44.7 Å². The summed E-state index contributed by atoms with van der Waals surface area (Å²) in [5, 5.41) is 7.32. The second-order valence-corrected chi connectivity index (χ2v) is 6.93. The van der Waals surface area contributed by atoms with Crippen molar-refractivity contribution in [2.24, 2.45) is 5.92 Å². The number of nitrogens with zero attached hydrogens (tertiary/aromatic N) is 2. The maximum atomic E-state index is 12.2. The molecule has 1 fully saturated rings. The van der Waals surface area contributed by atoms with Crippen molar-refractivity contribution in [2.75, 3.05) is 33.4 Å². The van der Waals surface area contributed by atoms with Crippen molar-refractivity contribution >= 4 is 5.91 Å². The standard InChI is InChI=1S/C18H29N3O3/c1-23-12-4-9-19-18(22)14-7-10-21(11-8-14)13-16-15-5-2-3-6-17(15)24-20-16/h14H,2-13H2,1H3,(H,19,22). The summed E-state index contributed by atoms with van der Waals surface area (Å²) in [7, 11) is 1.68. The van der Waals surface area contributed by atoms with Crippen LogP contribution in [0.15, 0.2) is 4.52 Å². The first-order chi connectivity index (χ1) is 11.8. The van der Waals surface area contributed by atoms with E-state index in [2.05, 4.69) is 15.4 Å². The van der Waals surface area contributed by atoms with Gasteiger partial charge in [0.25, 0.3) is 0 Å². The quantitative estimate of drug-likeness (QED) is 0.771. The number of aryl methyl sites for hydroxylation is 1. The average molecular weight is 335 g/mol. The van der Waals surface area contributed by atoms with E-state index in [4.69, 9.17) is 9.26 Å². The summed E-state index contributed by atoms with van der Waals surface area (Å²) in [6.07, 6.45) is 7.33. The predicted octanol–water partition coefficient (Wildman–Crippen LogP) is 1.92. The zero-order chi connectivity index (χ0) is 16.8. The van der Waals surface area contributed by atoms with E-state index in [9.17, 15) is 4.79 Å². The van der Waals surface area contributed by atoms with Crippen molar-refractivity contribution in [1.29, 1.82) is 0 Å². The Morgan fingerprint density at radius 2 is 2.12 bits per heavy atom. The maximum Gasteiger partial charge on any atom is 0.223 e. The topological polar surface area (TPSA) is 67.6 Å². The van der Waals surface area contributed by atoms with Crippen LogP contribution in [-0.4, -0.2) is 49.3 Å². The number of aromatic nitrogens is 1. The average Bonchev–Trinajstić information content (AvgIpc) is 3.02. The summed E-state index contributed by atoms with van der Waals surface area (Å²) in [5.74, 6) is 1.45. The van der Waals surface area contributed by atoms with Gasteiger partial charge >= 0.3 is 0 Å². The van der Waals surface area contributed by atoms with Gasteiger partial charge in [0.05, 0.1) is 0 Å². The normalized spacial score (nSPS) is 19.2. The van der Waals surface area contributed by atoms with Gasteiger partial charge in [-0.2, -0.15) is 0 Å². The summed E-state index contributed by atoms with van der Waals surface area (Å²) >= 11 is 0. The number of amides is 1. The third-order valence-electron chi connectivity index (χ3n) is 5.19. The Hall–Kier alpha value is -1.40. The summed E-state index contributed by atoms with van der Waals surface area (Å²) in [4.78, 5) is 14.6. The minimum atomic E-state index is 0.148. The van der Waals surface area contributed by atoms with Gasteiger partial charge in [0.1, 0.15) is 11.5 Å². The van der Waals surface area contributed by atoms with Crippen LogP contribution in [0.2, 0.25) is 0 Å². The molecule has 1 saturated heterocycles. The number of carbonyl (C=O) groups excluding carboxylic acids is 1. The van der Waals surface area contributed by atoms with Gasteiger partial charge in [0.15, 0.2) is 0 Å². The molecule has 1 aromatic rings. The van der Waals surface area contributed by atoms with Crippen molar-refractivity contribution in [2.45, 2.75) is 51.5 Å². The molecular weight excluding hydrogens is 306 g/mol. The molecular formula is C18H29N3O3. The monoisotopic (exact) mass is 335 g/mol. The molecule has 6 heteroatoms. The SMILES string of the molecule is COCCCNC(=O)C1CCN(Cc2noc3c2CCCC3)CC1. The summed E-state index contributed by atoms with van der Waals surface area (Å²) < 4.78 is 10.5. The van der Waals surface area contributed by atoms with E-state index < -0.39 is 0 Å². The number of rotatable bonds is 7. The maximum absolute atomic E-state index is 12.2. The molecule has 2 heterocycles. The van der Waals surface area contributed by atoms with Gasteiger partial charge in [0.2, 0.25) is 5.91 Å². The van der Waals surface area contributed by atoms with Gasteiger partial charge in [-0.15, -0.1) is 0 Å². The second-order valence-electron chi connectivity index (χ2n) is 6.93. The Morgan fingerprint density at radius 1 is 1.33 bits per heavy atom. The van der Waals surface area contributed by atoms with Gasteiger partial charge in [-0.3, -0.25) is 9.69 Å². The largest absolute Gasteiger partial charge is 0.385 e. The summed E-state index contributed by atoms with van der Waals surface area (Å²) in [6.45, 7) is 4.18. The van der Waals surface area contributed by atoms with Crippen LogP contribution in [-0.2, 0) is 28.9 Å². The Balaban J connectivity index is 1.42. The number of ether oxygens (including phenoxy) is 1. The third kappa shape index (κ3) is 4.36. The van der Waals surface area contributed by atoms with Gasteiger partial charge in [-0.05, 0) is 51.6 Å². The molecule has 1 aliphatic carbocycles. The number of hydrogen-bond donors (Lipinski definition) is 1. The van der Waals surface area contributed by atoms with Crippen molar-refractivity contribution in [1.82, 2.24) is 15.4 Å². The van der Waals surface area contributed by atoms with Gasteiger partial charge in [-0.25, -0.2) is 0 Å². The van der Waals surface area contributed by atoms with E-state index in [0.29, 0.717) is 13.2 Å². The number of likely N-dealkylation sites (tertiary alicyclic amines) is 1. The van der Waals surface area contributed by atoms with Crippen molar-refractivity contribution in [3.05, 3.63) is 17.0 Å². The molecule has 0 atom stereocenters. The first-order valence-corrected chi connectivity index (χ1v) is 9.23.